The largest absolute Gasteiger partial charge is 1.00 e. The lowest BCUT2D eigenvalue weighted by Gasteiger charge is -2.23. The SMILES string of the molecule is C[N+](C)(C)c1ccc2oc(-c3ccccc3)cc(=O)c2c1.[Cl-]. The van der Waals surface area contributed by atoms with Gasteiger partial charge in [-0.25, -0.2) is 0 Å². The molecular formula is C18H18ClNO2. The zero-order valence-corrected chi connectivity index (χ0v) is 13.6. The normalized spacial score (nSPS) is 11.2. The molecule has 3 nitrogen and oxygen atoms in total. The van der Waals surface area contributed by atoms with Crippen molar-refractivity contribution in [1.82, 2.24) is 4.48 Å². The van der Waals surface area contributed by atoms with Crippen LogP contribution in [-0.2, 0) is 0 Å². The minimum Gasteiger partial charge on any atom is -1.00 e. The molecule has 4 heteroatoms. The highest BCUT2D eigenvalue weighted by atomic mass is 35.5. The molecule has 22 heavy (non-hydrogen) atoms. The molecule has 1 aromatic heterocycles. The lowest BCUT2D eigenvalue weighted by Crippen LogP contribution is -3.00. The number of nitrogens with zero attached hydrogens (tertiary/aromatic N) is 1. The molecule has 0 unspecified atom stereocenters. The maximum absolute atomic E-state index is 12.4. The topological polar surface area (TPSA) is 30.2 Å². The lowest BCUT2D eigenvalue weighted by atomic mass is 10.1. The van der Waals surface area contributed by atoms with Crippen LogP contribution in [0.3, 0.4) is 0 Å². The molecule has 0 aliphatic carbocycles. The van der Waals surface area contributed by atoms with E-state index in [4.69, 9.17) is 4.42 Å². The van der Waals surface area contributed by atoms with Crippen molar-refractivity contribution in [3.63, 3.8) is 0 Å². The van der Waals surface area contributed by atoms with Crippen molar-refractivity contribution < 1.29 is 16.8 Å². The molecule has 114 valence electrons. The Hall–Kier alpha value is -2.10. The molecule has 0 spiro atoms. The summed E-state index contributed by atoms with van der Waals surface area (Å²) in [5.74, 6) is 0.603. The summed E-state index contributed by atoms with van der Waals surface area (Å²) in [6.45, 7) is 0. The monoisotopic (exact) mass is 315 g/mol. The highest BCUT2D eigenvalue weighted by molar-refractivity contribution is 5.82. The van der Waals surface area contributed by atoms with Gasteiger partial charge in [-0.15, -0.1) is 0 Å². The maximum atomic E-state index is 12.4. The Balaban J connectivity index is 0.00000176. The Morgan fingerprint density at radius 3 is 2.23 bits per heavy atom. The Kier molecular flexibility index (Phi) is 4.40. The van der Waals surface area contributed by atoms with Crippen LogP contribution in [0.2, 0.25) is 0 Å². The molecule has 0 radical (unpaired) electrons. The highest BCUT2D eigenvalue weighted by Gasteiger charge is 2.15. The molecule has 0 saturated carbocycles. The van der Waals surface area contributed by atoms with Gasteiger partial charge < -0.3 is 16.8 Å². The summed E-state index contributed by atoms with van der Waals surface area (Å²) in [6.07, 6.45) is 0. The van der Waals surface area contributed by atoms with Gasteiger partial charge in [-0.3, -0.25) is 9.28 Å². The van der Waals surface area contributed by atoms with Crippen molar-refractivity contribution in [3.05, 3.63) is 64.8 Å². The van der Waals surface area contributed by atoms with Gasteiger partial charge in [0, 0.05) is 23.8 Å². The van der Waals surface area contributed by atoms with Gasteiger partial charge in [0.05, 0.1) is 26.5 Å². The number of benzene rings is 2. The molecule has 3 rings (SSSR count). The summed E-state index contributed by atoms with van der Waals surface area (Å²) in [5.41, 5.74) is 2.60. The van der Waals surface area contributed by atoms with E-state index in [0.29, 0.717) is 21.2 Å². The molecule has 0 aliphatic heterocycles. The molecule has 1 heterocycles. The van der Waals surface area contributed by atoms with Crippen LogP contribution in [0, 0.1) is 0 Å². The van der Waals surface area contributed by atoms with Gasteiger partial charge in [-0.1, -0.05) is 30.3 Å². The summed E-state index contributed by atoms with van der Waals surface area (Å²) in [5, 5.41) is 0.625. The fourth-order valence-electron chi connectivity index (χ4n) is 2.31. The van der Waals surface area contributed by atoms with E-state index >= 15 is 0 Å². The zero-order valence-electron chi connectivity index (χ0n) is 12.8. The third-order valence-corrected chi connectivity index (χ3v) is 3.54. The second kappa shape index (κ2) is 5.95. The van der Waals surface area contributed by atoms with Crippen molar-refractivity contribution in [3.8, 4) is 11.3 Å². The van der Waals surface area contributed by atoms with Gasteiger partial charge >= 0.3 is 0 Å². The maximum Gasteiger partial charge on any atom is 0.193 e. The van der Waals surface area contributed by atoms with Crippen LogP contribution < -0.4 is 22.3 Å². The first kappa shape index (κ1) is 16.3. The fourth-order valence-corrected chi connectivity index (χ4v) is 2.31. The number of hydrogen-bond acceptors (Lipinski definition) is 2. The van der Waals surface area contributed by atoms with Gasteiger partial charge in [-0.05, 0) is 6.07 Å². The van der Waals surface area contributed by atoms with E-state index in [1.807, 2.05) is 48.5 Å². The van der Waals surface area contributed by atoms with Crippen LogP contribution >= 0.6 is 0 Å². The molecule has 0 aliphatic rings. The molecule has 0 amide bonds. The quantitative estimate of drug-likeness (QED) is 0.650. The fraction of sp³-hybridized carbons (Fsp3) is 0.167. The zero-order chi connectivity index (χ0) is 15.0. The average molecular weight is 316 g/mol. The first-order valence-corrected chi connectivity index (χ1v) is 6.90. The number of rotatable bonds is 2. The van der Waals surface area contributed by atoms with Crippen molar-refractivity contribution in [1.29, 1.82) is 0 Å². The van der Waals surface area contributed by atoms with Crippen LogP contribution in [-0.4, -0.2) is 21.1 Å². The Bertz CT molecular complexity index is 848. The third kappa shape index (κ3) is 3.06. The van der Waals surface area contributed by atoms with Crippen LogP contribution in [0.4, 0.5) is 5.69 Å². The Labute approximate surface area is 135 Å². The van der Waals surface area contributed by atoms with E-state index in [0.717, 1.165) is 11.3 Å². The number of hydrogen-bond donors (Lipinski definition) is 0. The molecule has 3 aromatic rings. The van der Waals surface area contributed by atoms with Crippen molar-refractivity contribution in [2.75, 3.05) is 21.1 Å². The molecule has 0 atom stereocenters. The first-order valence-electron chi connectivity index (χ1n) is 6.90. The molecule has 2 aromatic carbocycles. The van der Waals surface area contributed by atoms with Crippen molar-refractivity contribution in [2.24, 2.45) is 0 Å². The molecule has 0 saturated heterocycles. The van der Waals surface area contributed by atoms with Crippen molar-refractivity contribution >= 4 is 16.7 Å². The van der Waals surface area contributed by atoms with E-state index < -0.39 is 0 Å². The van der Waals surface area contributed by atoms with E-state index in [1.54, 1.807) is 6.07 Å². The van der Waals surface area contributed by atoms with E-state index in [9.17, 15) is 4.79 Å². The average Bonchev–Trinajstić information content (AvgIpc) is 2.47. The van der Waals surface area contributed by atoms with E-state index in [1.165, 1.54) is 0 Å². The van der Waals surface area contributed by atoms with E-state index in [2.05, 4.69) is 21.1 Å². The summed E-state index contributed by atoms with van der Waals surface area (Å²) >= 11 is 0. The van der Waals surface area contributed by atoms with Gasteiger partial charge in [-0.2, -0.15) is 0 Å². The number of halogens is 1. The molecule has 0 fully saturated rings. The standard InChI is InChI=1S/C18H18NO2.ClH/c1-19(2,3)14-9-10-17-15(11-14)16(20)12-18(21-17)13-7-5-4-6-8-13;/h4-12H,1-3H3;1H/q+1;/p-1. The van der Waals surface area contributed by atoms with Crippen molar-refractivity contribution in [2.45, 2.75) is 0 Å². The minimum absolute atomic E-state index is 0. The molecular weight excluding hydrogens is 298 g/mol. The Morgan fingerprint density at radius 2 is 1.59 bits per heavy atom. The summed E-state index contributed by atoms with van der Waals surface area (Å²) < 4.78 is 6.55. The lowest BCUT2D eigenvalue weighted by molar-refractivity contribution is -0.00000496. The van der Waals surface area contributed by atoms with Gasteiger partial charge in [0.2, 0.25) is 0 Å². The van der Waals surface area contributed by atoms with Crippen LogP contribution in [0.5, 0.6) is 0 Å². The second-order valence-electron chi connectivity index (χ2n) is 6.03. The smallest absolute Gasteiger partial charge is 0.193 e. The third-order valence-electron chi connectivity index (χ3n) is 3.54. The van der Waals surface area contributed by atoms with E-state index in [-0.39, 0.29) is 17.8 Å². The molecule has 0 N–H and O–H groups in total. The van der Waals surface area contributed by atoms with Gasteiger partial charge in [0.1, 0.15) is 17.0 Å². The Morgan fingerprint density at radius 1 is 0.909 bits per heavy atom. The highest BCUT2D eigenvalue weighted by Crippen LogP contribution is 2.25. The minimum atomic E-state index is -0.00889. The first-order chi connectivity index (χ1) is 9.95. The number of fused-ring (bicyclic) bond motifs is 1. The summed E-state index contributed by atoms with van der Waals surface area (Å²) in [4.78, 5) is 12.4. The predicted octanol–water partition coefficient (Wildman–Crippen LogP) is 0.661. The van der Waals surface area contributed by atoms with Crippen LogP contribution in [0.1, 0.15) is 0 Å². The van der Waals surface area contributed by atoms with Gasteiger partial charge in [0.15, 0.2) is 5.43 Å². The predicted molar refractivity (Wildman–Crippen MR) is 87.5 cm³/mol. The molecule has 0 bridgehead atoms. The van der Waals surface area contributed by atoms with Gasteiger partial charge in [0.25, 0.3) is 0 Å². The summed E-state index contributed by atoms with van der Waals surface area (Å²) in [7, 11) is 6.21. The van der Waals surface area contributed by atoms with Crippen LogP contribution in [0.25, 0.3) is 22.3 Å². The summed E-state index contributed by atoms with van der Waals surface area (Å²) in [6, 6.07) is 17.0. The second-order valence-corrected chi connectivity index (χ2v) is 6.03. The number of quaternary nitrogens is 1. The van der Waals surface area contributed by atoms with Crippen LogP contribution in [0.15, 0.2) is 63.8 Å².